The lowest BCUT2D eigenvalue weighted by Crippen LogP contribution is -2.61. The van der Waals surface area contributed by atoms with E-state index in [-0.39, 0.29) is 6.42 Å². The molecule has 63 heavy (non-hydrogen) atoms. The van der Waals surface area contributed by atoms with Crippen molar-refractivity contribution in [1.29, 1.82) is 0 Å². The number of unbranched alkanes of at least 4 members (excludes halogenated alkanes) is 22. The van der Waals surface area contributed by atoms with E-state index in [0.717, 1.165) is 70.6 Å². The van der Waals surface area contributed by atoms with Crippen LogP contribution in [-0.2, 0) is 28.9 Å². The van der Waals surface area contributed by atoms with Gasteiger partial charge in [0.2, 0.25) is 5.91 Å². The normalized spacial score (nSPS) is 21.3. The second kappa shape index (κ2) is 39.2. The second-order valence-corrected chi connectivity index (χ2v) is 18.2. The summed E-state index contributed by atoms with van der Waals surface area (Å²) in [5.74, 6) is -0.722. The number of allylic oxidation sites excluding steroid dienone is 7. The third-order valence-corrected chi connectivity index (χ3v) is 11.9. The van der Waals surface area contributed by atoms with Gasteiger partial charge in [-0.25, -0.2) is 4.18 Å². The zero-order valence-electron chi connectivity index (χ0n) is 39.0. The summed E-state index contributed by atoms with van der Waals surface area (Å²) in [4.78, 5) is 13.1. The lowest BCUT2D eigenvalue weighted by atomic mass is 9.99. The van der Waals surface area contributed by atoms with Crippen molar-refractivity contribution in [1.82, 2.24) is 5.32 Å². The minimum Gasteiger partial charge on any atom is -0.394 e. The second-order valence-electron chi connectivity index (χ2n) is 17.2. The van der Waals surface area contributed by atoms with Crippen LogP contribution in [-0.4, -0.2) is 107 Å². The summed E-state index contributed by atoms with van der Waals surface area (Å²) < 4.78 is 47.5. The fourth-order valence-corrected chi connectivity index (χ4v) is 7.99. The summed E-state index contributed by atoms with van der Waals surface area (Å²) in [5.41, 5.74) is 0. The Morgan fingerprint density at radius 1 is 0.635 bits per heavy atom. The molecule has 0 aromatic carbocycles. The van der Waals surface area contributed by atoms with Crippen molar-refractivity contribution in [3.8, 4) is 0 Å². The number of rotatable bonds is 41. The lowest BCUT2D eigenvalue weighted by molar-refractivity contribution is -0.298. The molecule has 1 aliphatic rings. The summed E-state index contributed by atoms with van der Waals surface area (Å²) in [5, 5.41) is 55.2. The molecule has 8 unspecified atom stereocenters. The molecule has 0 aliphatic carbocycles. The third kappa shape index (κ3) is 31.6. The third-order valence-electron chi connectivity index (χ3n) is 11.4. The molecule has 13 nitrogen and oxygen atoms in total. The number of amides is 1. The molecule has 8 atom stereocenters. The predicted molar refractivity (Wildman–Crippen MR) is 251 cm³/mol. The Labute approximate surface area is 381 Å². The standard InChI is InChI=1S/C49H89NO12S/c1-3-5-7-9-11-13-15-17-19-20-21-22-24-26-28-30-32-34-36-38-43(53)48(56)50-41(40-60-49-46(55)47(62-63(57,58)59)45(54)44(39-51)61-49)42(52)37-35-33-31-29-27-25-23-18-16-14-12-10-8-6-4-2/h16,18,21-22,27,29,35,37,41-47,49,51-55H,3-15,17,19-20,23-26,28,30-34,36,38-40H2,1-2H3,(H,50,56)(H,57,58,59)/b18-16+,22-21-,29-27+,37-35+. The molecule has 0 radical (unpaired) electrons. The van der Waals surface area contributed by atoms with E-state index in [1.54, 1.807) is 6.08 Å². The molecular formula is C49H89NO12S. The first kappa shape index (κ1) is 59.0. The van der Waals surface area contributed by atoms with Crippen molar-refractivity contribution >= 4 is 16.3 Å². The Kier molecular flexibility index (Phi) is 36.7. The molecule has 1 aliphatic heterocycles. The van der Waals surface area contributed by atoms with Crippen LogP contribution in [0.1, 0.15) is 194 Å². The number of hydrogen-bond acceptors (Lipinski definition) is 11. The van der Waals surface area contributed by atoms with E-state index in [0.29, 0.717) is 12.8 Å². The molecule has 7 N–H and O–H groups in total. The highest BCUT2D eigenvalue weighted by Crippen LogP contribution is 2.26. The zero-order chi connectivity index (χ0) is 46.4. The first-order valence-corrected chi connectivity index (χ1v) is 26.0. The molecule has 368 valence electrons. The van der Waals surface area contributed by atoms with Crippen molar-refractivity contribution in [2.24, 2.45) is 0 Å². The van der Waals surface area contributed by atoms with Crippen LogP contribution in [0.5, 0.6) is 0 Å². The Morgan fingerprint density at radius 2 is 1.06 bits per heavy atom. The van der Waals surface area contributed by atoms with Crippen LogP contribution in [0.25, 0.3) is 0 Å². The van der Waals surface area contributed by atoms with E-state index < -0.39 is 78.5 Å². The molecule has 0 aromatic heterocycles. The maximum absolute atomic E-state index is 13.1. The number of aliphatic hydroxyl groups excluding tert-OH is 5. The molecule has 1 rings (SSSR count). The number of nitrogens with one attached hydrogen (secondary N) is 1. The van der Waals surface area contributed by atoms with Gasteiger partial charge in [-0.3, -0.25) is 9.35 Å². The number of aliphatic hydroxyl groups is 5. The summed E-state index contributed by atoms with van der Waals surface area (Å²) in [7, 11) is -5.13. The first-order valence-electron chi connectivity index (χ1n) is 24.6. The van der Waals surface area contributed by atoms with Crippen molar-refractivity contribution in [2.75, 3.05) is 13.2 Å². The topological polar surface area (TPSA) is 212 Å². The van der Waals surface area contributed by atoms with Gasteiger partial charge in [-0.2, -0.15) is 8.42 Å². The van der Waals surface area contributed by atoms with Gasteiger partial charge in [-0.1, -0.05) is 172 Å². The van der Waals surface area contributed by atoms with Crippen LogP contribution in [0.3, 0.4) is 0 Å². The van der Waals surface area contributed by atoms with Crippen molar-refractivity contribution in [3.63, 3.8) is 0 Å². The van der Waals surface area contributed by atoms with Crippen molar-refractivity contribution < 1.29 is 57.0 Å². The van der Waals surface area contributed by atoms with E-state index in [4.69, 9.17) is 9.47 Å². The zero-order valence-corrected chi connectivity index (χ0v) is 39.8. The highest BCUT2D eigenvalue weighted by Gasteiger charge is 2.48. The molecule has 1 saturated heterocycles. The van der Waals surface area contributed by atoms with Gasteiger partial charge in [-0.05, 0) is 70.6 Å². The van der Waals surface area contributed by atoms with Crippen LogP contribution in [0.2, 0.25) is 0 Å². The molecule has 0 aromatic rings. The SMILES string of the molecule is CCCCCCC/C=C/CC/C=C/CC/C=C/C(O)C(COC1OC(CO)C(O)C(OS(=O)(=O)O)C1O)NC(=O)C(O)CCCCCCCC/C=C\CCCCCCCCCCC. The Balaban J connectivity index is 2.57. The molecule has 14 heteroatoms. The maximum Gasteiger partial charge on any atom is 0.397 e. The minimum atomic E-state index is -5.13. The van der Waals surface area contributed by atoms with Gasteiger partial charge in [0, 0.05) is 0 Å². The highest BCUT2D eigenvalue weighted by atomic mass is 32.3. The summed E-state index contributed by atoms with van der Waals surface area (Å²) >= 11 is 0. The molecule has 1 heterocycles. The van der Waals surface area contributed by atoms with Gasteiger partial charge in [0.15, 0.2) is 6.29 Å². The number of carbonyl (C=O) groups is 1. The van der Waals surface area contributed by atoms with Crippen LogP contribution in [0.15, 0.2) is 48.6 Å². The fourth-order valence-electron chi connectivity index (χ4n) is 7.49. The van der Waals surface area contributed by atoms with E-state index in [2.05, 4.69) is 59.8 Å². The summed E-state index contributed by atoms with van der Waals surface area (Å²) in [6.45, 7) is 3.18. The number of ether oxygens (including phenoxy) is 2. The molecule has 0 saturated carbocycles. The van der Waals surface area contributed by atoms with E-state index in [1.807, 2.05) is 0 Å². The Hall–Kier alpha value is -1.98. The van der Waals surface area contributed by atoms with E-state index in [1.165, 1.54) is 96.0 Å². The summed E-state index contributed by atoms with van der Waals surface area (Å²) in [6, 6.07) is -1.15. The average molecular weight is 916 g/mol. The van der Waals surface area contributed by atoms with Crippen LogP contribution < -0.4 is 5.32 Å². The van der Waals surface area contributed by atoms with Gasteiger partial charge < -0.3 is 40.3 Å². The monoisotopic (exact) mass is 916 g/mol. The average Bonchev–Trinajstić information content (AvgIpc) is 3.25. The van der Waals surface area contributed by atoms with Crippen molar-refractivity contribution in [2.45, 2.75) is 243 Å². The van der Waals surface area contributed by atoms with Gasteiger partial charge in [-0.15, -0.1) is 0 Å². The predicted octanol–water partition coefficient (Wildman–Crippen LogP) is 9.02. The fraction of sp³-hybridized carbons (Fsp3) is 0.816. The van der Waals surface area contributed by atoms with E-state index >= 15 is 0 Å². The van der Waals surface area contributed by atoms with Gasteiger partial charge in [0.25, 0.3) is 0 Å². The Bertz CT molecular complexity index is 1330. The number of hydrogen-bond donors (Lipinski definition) is 7. The molecular weight excluding hydrogens is 827 g/mol. The van der Waals surface area contributed by atoms with Crippen LogP contribution >= 0.6 is 0 Å². The smallest absolute Gasteiger partial charge is 0.394 e. The van der Waals surface area contributed by atoms with Gasteiger partial charge in [0.05, 0.1) is 25.4 Å². The van der Waals surface area contributed by atoms with Gasteiger partial charge >= 0.3 is 10.4 Å². The van der Waals surface area contributed by atoms with E-state index in [9.17, 15) is 43.3 Å². The highest BCUT2D eigenvalue weighted by molar-refractivity contribution is 7.80. The largest absolute Gasteiger partial charge is 0.397 e. The van der Waals surface area contributed by atoms with Crippen molar-refractivity contribution in [3.05, 3.63) is 48.6 Å². The first-order chi connectivity index (χ1) is 30.4. The maximum atomic E-state index is 13.1. The van der Waals surface area contributed by atoms with Crippen LogP contribution in [0.4, 0.5) is 0 Å². The Morgan fingerprint density at radius 3 is 1.52 bits per heavy atom. The number of carbonyl (C=O) groups excluding carboxylic acids is 1. The van der Waals surface area contributed by atoms with Gasteiger partial charge in [0.1, 0.15) is 30.5 Å². The minimum absolute atomic E-state index is 0.225. The lowest BCUT2D eigenvalue weighted by Gasteiger charge is -2.41. The quantitative estimate of drug-likeness (QED) is 0.0174. The molecule has 0 bridgehead atoms. The molecule has 0 spiro atoms. The molecule has 1 fully saturated rings. The summed E-state index contributed by atoms with van der Waals surface area (Å²) in [6.07, 6.45) is 36.2. The van der Waals surface area contributed by atoms with Crippen LogP contribution in [0, 0.1) is 0 Å². The molecule has 1 amide bonds.